The minimum absolute atomic E-state index is 0.271. The first-order chi connectivity index (χ1) is 8.91. The molecular weight excluding hydrogens is 256 g/mol. The summed E-state index contributed by atoms with van der Waals surface area (Å²) in [6.07, 6.45) is 1.73. The van der Waals surface area contributed by atoms with Crippen molar-refractivity contribution in [3.63, 3.8) is 0 Å². The van der Waals surface area contributed by atoms with E-state index in [2.05, 4.69) is 5.32 Å². The molecule has 104 valence electrons. The third kappa shape index (κ3) is 3.01. The topological polar surface area (TPSA) is 58.6 Å². The molecule has 0 radical (unpaired) electrons. The molecule has 0 aromatic heterocycles. The van der Waals surface area contributed by atoms with Crippen LogP contribution in [0.15, 0.2) is 12.1 Å². The van der Waals surface area contributed by atoms with Gasteiger partial charge in [0.2, 0.25) is 0 Å². The van der Waals surface area contributed by atoms with Crippen molar-refractivity contribution in [1.29, 1.82) is 0 Å². The second kappa shape index (κ2) is 5.13. The molecule has 1 aliphatic heterocycles. The van der Waals surface area contributed by atoms with Crippen molar-refractivity contribution in [3.05, 3.63) is 29.3 Å². The zero-order chi connectivity index (χ0) is 14.0. The van der Waals surface area contributed by atoms with E-state index in [1.165, 1.54) is 0 Å². The number of hydrogen-bond acceptors (Lipinski definition) is 3. The number of rotatable bonds is 4. The van der Waals surface area contributed by atoms with Gasteiger partial charge in [0.15, 0.2) is 0 Å². The van der Waals surface area contributed by atoms with E-state index in [1.54, 1.807) is 0 Å². The Balaban J connectivity index is 2.14. The van der Waals surface area contributed by atoms with Crippen LogP contribution in [0.2, 0.25) is 0 Å². The molecular formula is C13H15F2NO3. The van der Waals surface area contributed by atoms with Crippen molar-refractivity contribution in [2.75, 3.05) is 18.5 Å². The highest BCUT2D eigenvalue weighted by Gasteiger charge is 2.30. The number of carbonyl (C=O) groups is 1. The van der Waals surface area contributed by atoms with E-state index < -0.39 is 28.8 Å². The summed E-state index contributed by atoms with van der Waals surface area (Å²) >= 11 is 0. The Morgan fingerprint density at radius 3 is 2.58 bits per heavy atom. The Labute approximate surface area is 109 Å². The van der Waals surface area contributed by atoms with Crippen molar-refractivity contribution in [1.82, 2.24) is 0 Å². The van der Waals surface area contributed by atoms with Crippen LogP contribution in [0, 0.1) is 11.6 Å². The quantitative estimate of drug-likeness (QED) is 0.884. The van der Waals surface area contributed by atoms with E-state index in [-0.39, 0.29) is 12.2 Å². The average molecular weight is 271 g/mol. The van der Waals surface area contributed by atoms with Crippen molar-refractivity contribution >= 4 is 11.7 Å². The molecule has 1 saturated heterocycles. The van der Waals surface area contributed by atoms with Gasteiger partial charge in [0.1, 0.15) is 17.3 Å². The van der Waals surface area contributed by atoms with Gasteiger partial charge in [-0.15, -0.1) is 0 Å². The number of nitrogens with one attached hydrogen (secondary N) is 1. The fourth-order valence-corrected chi connectivity index (χ4v) is 2.12. The van der Waals surface area contributed by atoms with Gasteiger partial charge in [-0.05, 0) is 31.9 Å². The zero-order valence-corrected chi connectivity index (χ0v) is 10.5. The Morgan fingerprint density at radius 1 is 1.47 bits per heavy atom. The Kier molecular flexibility index (Phi) is 3.71. The summed E-state index contributed by atoms with van der Waals surface area (Å²) < 4.78 is 32.8. The van der Waals surface area contributed by atoms with Gasteiger partial charge in [-0.1, -0.05) is 0 Å². The number of carboxylic acids is 1. The lowest BCUT2D eigenvalue weighted by Crippen LogP contribution is -2.33. The maximum Gasteiger partial charge on any atom is 0.335 e. The highest BCUT2D eigenvalue weighted by Crippen LogP contribution is 2.27. The highest BCUT2D eigenvalue weighted by atomic mass is 19.1. The van der Waals surface area contributed by atoms with Gasteiger partial charge in [-0.2, -0.15) is 0 Å². The Morgan fingerprint density at radius 2 is 2.11 bits per heavy atom. The minimum atomic E-state index is -1.37. The molecule has 1 atom stereocenters. The first-order valence-corrected chi connectivity index (χ1v) is 6.01. The van der Waals surface area contributed by atoms with Crippen LogP contribution in [0.4, 0.5) is 14.5 Å². The number of carboxylic acid groups (broad SMARTS) is 1. The summed E-state index contributed by atoms with van der Waals surface area (Å²) in [6, 6.07) is 1.59. The average Bonchev–Trinajstić information content (AvgIpc) is 2.75. The van der Waals surface area contributed by atoms with E-state index in [1.807, 2.05) is 6.92 Å². The molecule has 1 unspecified atom stereocenters. The van der Waals surface area contributed by atoms with Crippen LogP contribution in [0.1, 0.15) is 30.1 Å². The summed E-state index contributed by atoms with van der Waals surface area (Å²) in [6.45, 7) is 2.78. The largest absolute Gasteiger partial charge is 0.478 e. The van der Waals surface area contributed by atoms with Gasteiger partial charge < -0.3 is 15.2 Å². The summed E-state index contributed by atoms with van der Waals surface area (Å²) in [5.74, 6) is -3.20. The first-order valence-electron chi connectivity index (χ1n) is 6.01. The van der Waals surface area contributed by atoms with Gasteiger partial charge >= 0.3 is 5.97 Å². The SMILES string of the molecule is CC1(CNc2c(F)cc(C(=O)O)cc2F)CCCO1. The summed E-state index contributed by atoms with van der Waals surface area (Å²) in [5, 5.41) is 11.4. The molecule has 1 heterocycles. The summed E-state index contributed by atoms with van der Waals surface area (Å²) in [7, 11) is 0. The molecule has 0 spiro atoms. The van der Waals surface area contributed by atoms with Gasteiger partial charge in [0.05, 0.1) is 11.2 Å². The molecule has 1 fully saturated rings. The molecule has 1 aromatic rings. The van der Waals surface area contributed by atoms with Crippen molar-refractivity contribution < 1.29 is 23.4 Å². The monoisotopic (exact) mass is 271 g/mol. The predicted molar refractivity (Wildman–Crippen MR) is 65.4 cm³/mol. The molecule has 0 saturated carbocycles. The van der Waals surface area contributed by atoms with Crippen LogP contribution in [-0.4, -0.2) is 29.8 Å². The number of anilines is 1. The standard InChI is InChI=1S/C13H15F2NO3/c1-13(3-2-4-19-13)7-16-11-9(14)5-8(12(17)18)6-10(11)15/h5-6,16H,2-4,7H2,1H3,(H,17,18). The lowest BCUT2D eigenvalue weighted by atomic mass is 10.0. The second-order valence-electron chi connectivity index (χ2n) is 4.88. The summed E-state index contributed by atoms with van der Waals surface area (Å²) in [5.41, 5.74) is -1.17. The lowest BCUT2D eigenvalue weighted by molar-refractivity contribution is 0.0314. The smallest absolute Gasteiger partial charge is 0.335 e. The second-order valence-corrected chi connectivity index (χ2v) is 4.88. The van der Waals surface area contributed by atoms with Crippen LogP contribution in [-0.2, 0) is 4.74 Å². The molecule has 6 heteroatoms. The maximum atomic E-state index is 13.7. The van der Waals surface area contributed by atoms with Crippen LogP contribution in [0.25, 0.3) is 0 Å². The van der Waals surface area contributed by atoms with Crippen molar-refractivity contribution in [2.24, 2.45) is 0 Å². The minimum Gasteiger partial charge on any atom is -0.478 e. The summed E-state index contributed by atoms with van der Waals surface area (Å²) in [4.78, 5) is 10.7. The zero-order valence-electron chi connectivity index (χ0n) is 10.5. The molecule has 2 N–H and O–H groups in total. The van der Waals surface area contributed by atoms with Gasteiger partial charge in [-0.25, -0.2) is 13.6 Å². The van der Waals surface area contributed by atoms with Crippen LogP contribution in [0.3, 0.4) is 0 Å². The number of aromatic carboxylic acids is 1. The fraction of sp³-hybridized carbons (Fsp3) is 0.462. The third-order valence-corrected chi connectivity index (χ3v) is 3.23. The van der Waals surface area contributed by atoms with E-state index in [9.17, 15) is 13.6 Å². The number of benzene rings is 1. The molecule has 4 nitrogen and oxygen atoms in total. The van der Waals surface area contributed by atoms with Crippen LogP contribution < -0.4 is 5.32 Å². The van der Waals surface area contributed by atoms with Crippen molar-refractivity contribution in [2.45, 2.75) is 25.4 Å². The lowest BCUT2D eigenvalue weighted by Gasteiger charge is -2.24. The van der Waals surface area contributed by atoms with E-state index in [4.69, 9.17) is 9.84 Å². The number of halogens is 2. The first kappa shape index (κ1) is 13.7. The normalized spacial score (nSPS) is 22.5. The Bertz CT molecular complexity index is 476. The van der Waals surface area contributed by atoms with Crippen LogP contribution in [0.5, 0.6) is 0 Å². The molecule has 2 rings (SSSR count). The number of hydrogen-bond donors (Lipinski definition) is 2. The molecule has 19 heavy (non-hydrogen) atoms. The van der Waals surface area contributed by atoms with E-state index >= 15 is 0 Å². The van der Waals surface area contributed by atoms with E-state index in [0.29, 0.717) is 6.61 Å². The van der Waals surface area contributed by atoms with Crippen molar-refractivity contribution in [3.8, 4) is 0 Å². The molecule has 0 bridgehead atoms. The predicted octanol–water partition coefficient (Wildman–Crippen LogP) is 2.64. The Hall–Kier alpha value is -1.69. The molecule has 1 aliphatic rings. The highest BCUT2D eigenvalue weighted by molar-refractivity contribution is 5.88. The molecule has 0 aliphatic carbocycles. The molecule has 1 aromatic carbocycles. The maximum absolute atomic E-state index is 13.7. The van der Waals surface area contributed by atoms with E-state index in [0.717, 1.165) is 25.0 Å². The number of ether oxygens (including phenoxy) is 1. The van der Waals surface area contributed by atoms with Gasteiger partial charge in [0, 0.05) is 13.2 Å². The fourth-order valence-electron chi connectivity index (χ4n) is 2.12. The third-order valence-electron chi connectivity index (χ3n) is 3.23. The molecule has 0 amide bonds. The van der Waals surface area contributed by atoms with Crippen LogP contribution >= 0.6 is 0 Å². The van der Waals surface area contributed by atoms with Gasteiger partial charge in [0.25, 0.3) is 0 Å². The van der Waals surface area contributed by atoms with Gasteiger partial charge in [-0.3, -0.25) is 0 Å².